The largest absolute Gasteiger partial charge is 0.240 e. The molecular weight excluding hydrogens is 328 g/mol. The summed E-state index contributed by atoms with van der Waals surface area (Å²) < 4.78 is 0. The van der Waals surface area contributed by atoms with E-state index >= 15 is 0 Å². The van der Waals surface area contributed by atoms with Gasteiger partial charge in [0.15, 0.2) is 0 Å². The Bertz CT molecular complexity index is 1050. The summed E-state index contributed by atoms with van der Waals surface area (Å²) in [4.78, 5) is 9.44. The lowest BCUT2D eigenvalue weighted by Gasteiger charge is -2.37. The molecule has 2 unspecified atom stereocenters. The second-order valence-electron chi connectivity index (χ2n) is 7.65. The maximum atomic E-state index is 4.75. The van der Waals surface area contributed by atoms with Crippen LogP contribution in [0.4, 0.5) is 0 Å². The van der Waals surface area contributed by atoms with Gasteiger partial charge in [0.25, 0.3) is 0 Å². The Labute approximate surface area is 160 Å². The Morgan fingerprint density at radius 1 is 0.815 bits per heavy atom. The molecule has 1 aliphatic heterocycles. The second kappa shape index (κ2) is 5.75. The quantitative estimate of drug-likeness (QED) is 0.640. The minimum absolute atomic E-state index is 0.0180. The van der Waals surface area contributed by atoms with Gasteiger partial charge in [-0.3, -0.25) is 0 Å². The van der Waals surface area contributed by atoms with Crippen molar-refractivity contribution in [3.8, 4) is 11.1 Å². The molecule has 2 aromatic carbocycles. The van der Waals surface area contributed by atoms with E-state index in [1.165, 1.54) is 16.7 Å². The average Bonchev–Trinajstić information content (AvgIpc) is 3.09. The third-order valence-corrected chi connectivity index (χ3v) is 6.56. The number of allylic oxidation sites excluding steroid dienone is 5. The van der Waals surface area contributed by atoms with Crippen molar-refractivity contribution < 1.29 is 0 Å². The molecule has 2 aliphatic carbocycles. The Morgan fingerprint density at radius 3 is 2.22 bits per heavy atom. The van der Waals surface area contributed by atoms with Crippen molar-refractivity contribution in [2.75, 3.05) is 0 Å². The summed E-state index contributed by atoms with van der Waals surface area (Å²) in [5, 5.41) is 0. The minimum Gasteiger partial charge on any atom is -0.240 e. The predicted octanol–water partition coefficient (Wildman–Crippen LogP) is 6.09. The fraction of sp³-hybridized carbons (Fsp3) is 0.200. The van der Waals surface area contributed by atoms with Gasteiger partial charge < -0.3 is 0 Å². The van der Waals surface area contributed by atoms with Crippen LogP contribution in [0.1, 0.15) is 25.8 Å². The number of hydrogen-bond acceptors (Lipinski definition) is 2. The third-order valence-electron chi connectivity index (χ3n) is 6.56. The van der Waals surface area contributed by atoms with E-state index in [0.29, 0.717) is 0 Å². The lowest BCUT2D eigenvalue weighted by Crippen LogP contribution is -2.36. The zero-order chi connectivity index (χ0) is 18.5. The molecule has 0 saturated heterocycles. The average molecular weight is 350 g/mol. The lowest BCUT2D eigenvalue weighted by atomic mass is 9.64. The highest BCUT2D eigenvalue weighted by Crippen LogP contribution is 2.60. The van der Waals surface area contributed by atoms with Gasteiger partial charge in [-0.15, -0.1) is 0 Å². The summed E-state index contributed by atoms with van der Waals surface area (Å²) in [6.07, 6.45) is 11.9. The summed E-state index contributed by atoms with van der Waals surface area (Å²) >= 11 is 0. The molecular formula is C25H22N2. The highest BCUT2D eigenvalue weighted by molar-refractivity contribution is 6.12. The number of nitrogens with zero attached hydrogens (tertiary/aromatic N) is 2. The van der Waals surface area contributed by atoms with Crippen LogP contribution in [-0.2, 0) is 0 Å². The molecule has 0 N–H and O–H groups in total. The van der Waals surface area contributed by atoms with Gasteiger partial charge in [0, 0.05) is 16.4 Å². The van der Waals surface area contributed by atoms with E-state index < -0.39 is 0 Å². The van der Waals surface area contributed by atoms with E-state index in [0.717, 1.165) is 23.4 Å². The van der Waals surface area contributed by atoms with Crippen molar-refractivity contribution in [1.29, 1.82) is 0 Å². The van der Waals surface area contributed by atoms with Crippen LogP contribution >= 0.6 is 0 Å². The van der Waals surface area contributed by atoms with Crippen LogP contribution in [0, 0.1) is 10.8 Å². The van der Waals surface area contributed by atoms with Crippen LogP contribution in [0.5, 0.6) is 0 Å². The van der Waals surface area contributed by atoms with E-state index in [2.05, 4.69) is 91.7 Å². The molecule has 0 spiro atoms. The maximum Gasteiger partial charge on any atom is 0.116 e. The highest BCUT2D eigenvalue weighted by Gasteiger charge is 2.56. The fourth-order valence-electron chi connectivity index (χ4n) is 4.79. The highest BCUT2D eigenvalue weighted by atomic mass is 14.9. The fourth-order valence-corrected chi connectivity index (χ4v) is 4.79. The first-order chi connectivity index (χ1) is 13.2. The van der Waals surface area contributed by atoms with Gasteiger partial charge in [0.1, 0.15) is 6.34 Å². The summed E-state index contributed by atoms with van der Waals surface area (Å²) in [6, 6.07) is 19.2. The van der Waals surface area contributed by atoms with Gasteiger partial charge in [-0.25, -0.2) is 9.98 Å². The first-order valence-corrected chi connectivity index (χ1v) is 9.58. The predicted molar refractivity (Wildman–Crippen MR) is 114 cm³/mol. The molecule has 132 valence electrons. The molecule has 2 heteroatoms. The number of benzene rings is 2. The van der Waals surface area contributed by atoms with E-state index in [9.17, 15) is 0 Å². The summed E-state index contributed by atoms with van der Waals surface area (Å²) in [6.45, 7) is 4.57. The Kier molecular flexibility index (Phi) is 3.45. The van der Waals surface area contributed by atoms with Crippen LogP contribution < -0.4 is 0 Å². The molecule has 0 fully saturated rings. The van der Waals surface area contributed by atoms with Crippen LogP contribution in [0.25, 0.3) is 16.8 Å². The van der Waals surface area contributed by atoms with Crippen molar-refractivity contribution in [1.82, 2.24) is 0 Å². The van der Waals surface area contributed by atoms with E-state index in [1.54, 1.807) is 6.34 Å². The molecule has 2 nitrogen and oxygen atoms in total. The molecule has 5 rings (SSSR count). The normalized spacial score (nSPS) is 27.7. The van der Waals surface area contributed by atoms with Crippen LogP contribution in [0.15, 0.2) is 94.5 Å². The number of hydrogen-bond donors (Lipinski definition) is 0. The first-order valence-electron chi connectivity index (χ1n) is 9.58. The summed E-state index contributed by atoms with van der Waals surface area (Å²) in [5.74, 6) is 0. The smallest absolute Gasteiger partial charge is 0.116 e. The van der Waals surface area contributed by atoms with Gasteiger partial charge in [-0.05, 0) is 36.1 Å². The van der Waals surface area contributed by atoms with Gasteiger partial charge in [-0.1, -0.05) is 79.7 Å². The monoisotopic (exact) mass is 350 g/mol. The van der Waals surface area contributed by atoms with Crippen LogP contribution in [0.2, 0.25) is 0 Å². The molecule has 2 aromatic rings. The molecule has 0 bridgehead atoms. The topological polar surface area (TPSA) is 24.7 Å². The Morgan fingerprint density at radius 2 is 1.48 bits per heavy atom. The van der Waals surface area contributed by atoms with Gasteiger partial charge in [0.05, 0.1) is 11.4 Å². The number of rotatable bonds is 3. The van der Waals surface area contributed by atoms with E-state index in [1.807, 2.05) is 6.07 Å². The van der Waals surface area contributed by atoms with Gasteiger partial charge in [0.2, 0.25) is 0 Å². The molecule has 2 atom stereocenters. The first kappa shape index (κ1) is 16.2. The lowest BCUT2D eigenvalue weighted by molar-refractivity contribution is 0.320. The van der Waals surface area contributed by atoms with Crippen molar-refractivity contribution in [3.63, 3.8) is 0 Å². The van der Waals surface area contributed by atoms with Crippen molar-refractivity contribution in [3.05, 3.63) is 90.0 Å². The van der Waals surface area contributed by atoms with Crippen molar-refractivity contribution >= 4 is 17.7 Å². The summed E-state index contributed by atoms with van der Waals surface area (Å²) in [7, 11) is 0. The zero-order valence-electron chi connectivity index (χ0n) is 15.7. The molecule has 3 aliphatic rings. The Balaban J connectivity index is 1.62. The van der Waals surface area contributed by atoms with Gasteiger partial charge in [-0.2, -0.15) is 0 Å². The summed E-state index contributed by atoms with van der Waals surface area (Å²) in [5.41, 5.74) is 6.90. The second-order valence-corrected chi connectivity index (χ2v) is 7.65. The number of aliphatic imine (C=N–C) groups is 2. The van der Waals surface area contributed by atoms with Crippen molar-refractivity contribution in [2.24, 2.45) is 20.8 Å². The molecule has 1 heterocycles. The molecule has 27 heavy (non-hydrogen) atoms. The van der Waals surface area contributed by atoms with E-state index in [-0.39, 0.29) is 10.8 Å². The Hall–Kier alpha value is -3.00. The van der Waals surface area contributed by atoms with Crippen LogP contribution in [-0.4, -0.2) is 12.1 Å². The third kappa shape index (κ3) is 2.13. The van der Waals surface area contributed by atoms with Crippen molar-refractivity contribution in [2.45, 2.75) is 20.3 Å². The SMILES string of the molecule is CCC12C=CC3=NC=NC(c4ccc(-c5ccccc5)cc4)=C(C=C1)C32C. The van der Waals surface area contributed by atoms with Crippen LogP contribution in [0.3, 0.4) is 0 Å². The zero-order valence-corrected chi connectivity index (χ0v) is 15.7. The molecule has 0 saturated carbocycles. The standard InChI is InChI=1S/C25H22N2/c1-3-25-15-13-21-23(27-17-26-22(14-16-25)24(21,25)2)20-11-9-19(10-12-20)18-7-5-4-6-8-18/h4-17H,3H2,1-2H3. The molecule has 0 aromatic heterocycles. The molecule has 0 amide bonds. The molecule has 0 radical (unpaired) electrons. The maximum absolute atomic E-state index is 4.75. The van der Waals surface area contributed by atoms with Gasteiger partial charge >= 0.3 is 0 Å². The minimum atomic E-state index is -0.133. The van der Waals surface area contributed by atoms with E-state index in [4.69, 9.17) is 4.99 Å².